The van der Waals surface area contributed by atoms with Gasteiger partial charge in [0.05, 0.1) is 11.8 Å². The molecule has 0 unspecified atom stereocenters. The third-order valence-electron chi connectivity index (χ3n) is 4.35. The molecule has 1 aromatic heterocycles. The Morgan fingerprint density at radius 2 is 1.72 bits per heavy atom. The fourth-order valence-corrected chi connectivity index (χ4v) is 3.61. The average Bonchev–Trinajstić information content (AvgIpc) is 3.05. The van der Waals surface area contributed by atoms with Crippen LogP contribution in [0.25, 0.3) is 0 Å². The molecule has 0 N–H and O–H groups in total. The molecule has 2 heterocycles. The molecule has 1 aliphatic heterocycles. The Morgan fingerprint density at radius 3 is 2.28 bits per heavy atom. The zero-order valence-electron chi connectivity index (χ0n) is 9.69. The number of hydrogen-bond donors (Lipinski definition) is 0. The molecule has 2 fully saturated rings. The van der Waals surface area contributed by atoms with E-state index in [2.05, 4.69) is 17.1 Å². The molecule has 2 bridgehead atoms. The molecule has 4 atom stereocenters. The zero-order chi connectivity index (χ0) is 12.3. The van der Waals surface area contributed by atoms with E-state index in [1.165, 1.54) is 4.90 Å². The Bertz CT molecular complexity index is 536. The number of nitrogens with zero attached hydrogens (tertiary/aromatic N) is 2. The molecule has 0 aromatic carbocycles. The normalized spacial score (nSPS) is 36.6. The van der Waals surface area contributed by atoms with Crippen molar-refractivity contribution in [1.29, 1.82) is 0 Å². The van der Waals surface area contributed by atoms with Crippen LogP contribution in [-0.2, 0) is 9.59 Å². The predicted octanol–water partition coefficient (Wildman–Crippen LogP) is 1.39. The van der Waals surface area contributed by atoms with E-state index in [0.29, 0.717) is 5.82 Å². The lowest BCUT2D eigenvalue weighted by molar-refractivity contribution is -0.123. The number of fused-ring (bicyclic) bond motifs is 5. The van der Waals surface area contributed by atoms with Gasteiger partial charge >= 0.3 is 0 Å². The van der Waals surface area contributed by atoms with Crippen molar-refractivity contribution in [1.82, 2.24) is 4.98 Å². The maximum Gasteiger partial charge on any atom is 0.239 e. The lowest BCUT2D eigenvalue weighted by Gasteiger charge is -2.15. The smallest absolute Gasteiger partial charge is 0.239 e. The highest BCUT2D eigenvalue weighted by atomic mass is 16.2. The first kappa shape index (κ1) is 10.00. The molecule has 18 heavy (non-hydrogen) atoms. The molecular weight excluding hydrogens is 228 g/mol. The highest BCUT2D eigenvalue weighted by Crippen LogP contribution is 2.52. The van der Waals surface area contributed by atoms with E-state index in [4.69, 9.17) is 0 Å². The Kier molecular flexibility index (Phi) is 1.82. The Labute approximate surface area is 104 Å². The minimum Gasteiger partial charge on any atom is -0.274 e. The van der Waals surface area contributed by atoms with Crippen molar-refractivity contribution >= 4 is 17.6 Å². The van der Waals surface area contributed by atoms with Gasteiger partial charge in [-0.3, -0.25) is 9.59 Å². The second kappa shape index (κ2) is 3.28. The average molecular weight is 240 g/mol. The van der Waals surface area contributed by atoms with Gasteiger partial charge in [0.25, 0.3) is 0 Å². The van der Waals surface area contributed by atoms with Gasteiger partial charge in [-0.2, -0.15) is 0 Å². The Morgan fingerprint density at radius 1 is 1.06 bits per heavy atom. The summed E-state index contributed by atoms with van der Waals surface area (Å²) in [5.41, 5.74) is 0. The van der Waals surface area contributed by atoms with Gasteiger partial charge in [-0.25, -0.2) is 9.88 Å². The van der Waals surface area contributed by atoms with Crippen molar-refractivity contribution in [3.63, 3.8) is 0 Å². The molecule has 0 radical (unpaired) electrons. The van der Waals surface area contributed by atoms with E-state index in [-0.39, 0.29) is 35.5 Å². The monoisotopic (exact) mass is 240 g/mol. The van der Waals surface area contributed by atoms with Gasteiger partial charge in [0.2, 0.25) is 11.8 Å². The van der Waals surface area contributed by atoms with Gasteiger partial charge in [-0.15, -0.1) is 0 Å². The summed E-state index contributed by atoms with van der Waals surface area (Å²) < 4.78 is 0. The third kappa shape index (κ3) is 1.08. The van der Waals surface area contributed by atoms with Gasteiger partial charge in [-0.1, -0.05) is 18.2 Å². The first-order valence-corrected chi connectivity index (χ1v) is 6.24. The van der Waals surface area contributed by atoms with Crippen LogP contribution in [0.15, 0.2) is 36.5 Å². The summed E-state index contributed by atoms with van der Waals surface area (Å²) in [4.78, 5) is 30.2. The number of pyridine rings is 1. The van der Waals surface area contributed by atoms with Gasteiger partial charge < -0.3 is 0 Å². The van der Waals surface area contributed by atoms with Crippen molar-refractivity contribution in [3.05, 3.63) is 36.5 Å². The highest BCUT2D eigenvalue weighted by Gasteiger charge is 2.59. The van der Waals surface area contributed by atoms with Crippen LogP contribution in [0.4, 0.5) is 5.82 Å². The van der Waals surface area contributed by atoms with E-state index in [1.807, 2.05) is 0 Å². The largest absolute Gasteiger partial charge is 0.274 e. The summed E-state index contributed by atoms with van der Waals surface area (Å²) in [6.45, 7) is 0. The van der Waals surface area contributed by atoms with Crippen LogP contribution < -0.4 is 4.90 Å². The van der Waals surface area contributed by atoms with Crippen LogP contribution >= 0.6 is 0 Å². The maximum absolute atomic E-state index is 12.4. The fourth-order valence-electron chi connectivity index (χ4n) is 3.61. The van der Waals surface area contributed by atoms with E-state index < -0.39 is 0 Å². The highest BCUT2D eigenvalue weighted by molar-refractivity contribution is 6.22. The number of rotatable bonds is 1. The van der Waals surface area contributed by atoms with E-state index in [0.717, 1.165) is 6.42 Å². The second-order valence-corrected chi connectivity index (χ2v) is 5.20. The second-order valence-electron chi connectivity index (χ2n) is 5.20. The molecular formula is C14H12N2O2. The number of allylic oxidation sites excluding steroid dienone is 2. The summed E-state index contributed by atoms with van der Waals surface area (Å²) in [5, 5.41) is 0. The molecule has 1 saturated carbocycles. The van der Waals surface area contributed by atoms with Gasteiger partial charge in [0.1, 0.15) is 5.82 Å². The molecule has 4 heteroatoms. The topological polar surface area (TPSA) is 50.3 Å². The number of amides is 2. The van der Waals surface area contributed by atoms with Crippen molar-refractivity contribution < 1.29 is 9.59 Å². The maximum atomic E-state index is 12.4. The first-order valence-electron chi connectivity index (χ1n) is 6.24. The minimum absolute atomic E-state index is 0.0689. The summed E-state index contributed by atoms with van der Waals surface area (Å²) in [6.07, 6.45) is 6.76. The number of hydrogen-bond acceptors (Lipinski definition) is 3. The van der Waals surface area contributed by atoms with Crippen LogP contribution in [0.2, 0.25) is 0 Å². The summed E-state index contributed by atoms with van der Waals surface area (Å²) in [5.74, 6) is 0.543. The van der Waals surface area contributed by atoms with Crippen molar-refractivity contribution in [2.45, 2.75) is 6.42 Å². The van der Waals surface area contributed by atoms with Crippen LogP contribution in [0, 0.1) is 23.7 Å². The van der Waals surface area contributed by atoms with Crippen LogP contribution in [0.5, 0.6) is 0 Å². The lowest BCUT2D eigenvalue weighted by Crippen LogP contribution is -2.33. The molecule has 2 aliphatic carbocycles. The number of anilines is 1. The van der Waals surface area contributed by atoms with Crippen molar-refractivity contribution in [2.75, 3.05) is 4.90 Å². The van der Waals surface area contributed by atoms with Crippen molar-refractivity contribution in [3.8, 4) is 0 Å². The molecule has 2 amide bonds. The molecule has 90 valence electrons. The number of imide groups is 1. The zero-order valence-corrected chi connectivity index (χ0v) is 9.69. The third-order valence-corrected chi connectivity index (χ3v) is 4.35. The quantitative estimate of drug-likeness (QED) is 0.550. The number of carbonyl (C=O) groups excluding carboxylic acids is 2. The Hall–Kier alpha value is -1.97. The number of aromatic nitrogens is 1. The Balaban J connectivity index is 1.77. The summed E-state index contributed by atoms with van der Waals surface area (Å²) in [7, 11) is 0. The molecule has 4 rings (SSSR count). The summed E-state index contributed by atoms with van der Waals surface area (Å²) >= 11 is 0. The van der Waals surface area contributed by atoms with Crippen LogP contribution in [0.3, 0.4) is 0 Å². The summed E-state index contributed by atoms with van der Waals surface area (Å²) in [6, 6.07) is 5.29. The van der Waals surface area contributed by atoms with E-state index in [9.17, 15) is 9.59 Å². The van der Waals surface area contributed by atoms with E-state index >= 15 is 0 Å². The molecule has 3 aliphatic rings. The lowest BCUT2D eigenvalue weighted by atomic mass is 9.85. The molecule has 0 spiro atoms. The van der Waals surface area contributed by atoms with E-state index in [1.54, 1.807) is 24.4 Å². The predicted molar refractivity (Wildman–Crippen MR) is 64.4 cm³/mol. The van der Waals surface area contributed by atoms with Crippen LogP contribution in [0.1, 0.15) is 6.42 Å². The standard InChI is InChI=1S/C14H12N2O2/c17-13-11-8-4-5-9(7-8)12(11)14(18)16(13)10-3-1-2-6-15-10/h1-6,8-9,11-12H,7H2/t8-,9-,11-,12+/m1/s1. The number of carbonyl (C=O) groups is 2. The molecule has 4 nitrogen and oxygen atoms in total. The fraction of sp³-hybridized carbons (Fsp3) is 0.357. The van der Waals surface area contributed by atoms with Crippen LogP contribution in [-0.4, -0.2) is 16.8 Å². The molecule has 1 aromatic rings. The van der Waals surface area contributed by atoms with Gasteiger partial charge in [0, 0.05) is 6.20 Å². The SMILES string of the molecule is O=C1[C@@H]2[C@H](C(=O)N1c1ccccn1)[C@@H]1C=C[C@@H]2C1. The van der Waals surface area contributed by atoms with Gasteiger partial charge in [-0.05, 0) is 30.4 Å². The van der Waals surface area contributed by atoms with Crippen molar-refractivity contribution in [2.24, 2.45) is 23.7 Å². The molecule has 1 saturated heterocycles. The minimum atomic E-state index is -0.144. The van der Waals surface area contributed by atoms with Gasteiger partial charge in [0.15, 0.2) is 0 Å². The first-order chi connectivity index (χ1) is 8.77.